The fourth-order valence-corrected chi connectivity index (χ4v) is 3.57. The van der Waals surface area contributed by atoms with Gasteiger partial charge in [0.05, 0.1) is 12.1 Å². The van der Waals surface area contributed by atoms with Gasteiger partial charge in [-0.3, -0.25) is 4.99 Å². The Kier molecular flexibility index (Phi) is 6.98. The molecule has 0 bridgehead atoms. The van der Waals surface area contributed by atoms with Crippen LogP contribution in [0.3, 0.4) is 0 Å². The molecule has 1 aromatic carbocycles. The summed E-state index contributed by atoms with van der Waals surface area (Å²) in [6.45, 7) is 9.96. The molecular weight excluding hydrogens is 336 g/mol. The normalized spacial score (nSPS) is 22.8. The van der Waals surface area contributed by atoms with E-state index >= 15 is 0 Å². The van der Waals surface area contributed by atoms with Crippen molar-refractivity contribution < 1.29 is 13.5 Å². The summed E-state index contributed by atoms with van der Waals surface area (Å²) < 4.78 is 33.1. The highest BCUT2D eigenvalue weighted by Gasteiger charge is 2.35. The first-order valence-corrected chi connectivity index (χ1v) is 9.26. The second kappa shape index (κ2) is 8.80. The minimum Gasteiger partial charge on any atom is -0.377 e. The number of hydrogen-bond donors (Lipinski definition) is 2. The van der Waals surface area contributed by atoms with Crippen LogP contribution < -0.4 is 10.6 Å². The van der Waals surface area contributed by atoms with Crippen molar-refractivity contribution in [1.29, 1.82) is 0 Å². The Morgan fingerprint density at radius 3 is 2.69 bits per heavy atom. The van der Waals surface area contributed by atoms with Gasteiger partial charge in [-0.2, -0.15) is 0 Å². The molecule has 3 unspecified atom stereocenters. The number of benzene rings is 1. The quantitative estimate of drug-likeness (QED) is 0.624. The minimum atomic E-state index is -0.577. The average Bonchev–Trinajstić information content (AvgIpc) is 2.57. The van der Waals surface area contributed by atoms with E-state index in [4.69, 9.17) is 4.74 Å². The summed E-state index contributed by atoms with van der Waals surface area (Å²) in [6, 6.07) is 3.29. The lowest BCUT2D eigenvalue weighted by atomic mass is 9.78. The predicted octanol–water partition coefficient (Wildman–Crippen LogP) is 4.03. The van der Waals surface area contributed by atoms with Crippen LogP contribution in [-0.2, 0) is 4.74 Å². The van der Waals surface area contributed by atoms with Gasteiger partial charge in [0.25, 0.3) is 0 Å². The zero-order valence-corrected chi connectivity index (χ0v) is 16.4. The first kappa shape index (κ1) is 20.6. The van der Waals surface area contributed by atoms with Crippen molar-refractivity contribution in [3.05, 3.63) is 35.4 Å². The molecule has 2 rings (SSSR count). The van der Waals surface area contributed by atoms with Crippen molar-refractivity contribution in [3.63, 3.8) is 0 Å². The molecule has 1 heterocycles. The molecule has 26 heavy (non-hydrogen) atoms. The maximum Gasteiger partial charge on any atom is 0.191 e. The molecule has 6 heteroatoms. The van der Waals surface area contributed by atoms with Crippen LogP contribution >= 0.6 is 0 Å². The van der Waals surface area contributed by atoms with Crippen LogP contribution in [0.25, 0.3) is 0 Å². The fourth-order valence-electron chi connectivity index (χ4n) is 3.57. The summed E-state index contributed by atoms with van der Waals surface area (Å²) in [6.07, 6.45) is 2.35. The maximum atomic E-state index is 14.0. The summed E-state index contributed by atoms with van der Waals surface area (Å²) in [4.78, 5) is 4.23. The molecular formula is C20H31F2N3O. The van der Waals surface area contributed by atoms with Crippen LogP contribution in [0, 0.1) is 23.0 Å². The number of halogens is 2. The SMILES string of the molecule is CN=C(NCC1CCCOC1C(C)(C)C)NC(C)c1ccc(F)cc1F. The third-order valence-electron chi connectivity index (χ3n) is 4.84. The molecule has 0 aliphatic carbocycles. The van der Waals surface area contributed by atoms with Gasteiger partial charge in [0, 0.05) is 37.7 Å². The van der Waals surface area contributed by atoms with Gasteiger partial charge in [0.15, 0.2) is 5.96 Å². The topological polar surface area (TPSA) is 45.7 Å². The van der Waals surface area contributed by atoms with E-state index in [-0.39, 0.29) is 17.6 Å². The molecule has 1 aliphatic rings. The highest BCUT2D eigenvalue weighted by Crippen LogP contribution is 2.33. The number of aliphatic imine (C=N–C) groups is 1. The predicted molar refractivity (Wildman–Crippen MR) is 101 cm³/mol. The fraction of sp³-hybridized carbons (Fsp3) is 0.650. The van der Waals surface area contributed by atoms with Crippen LogP contribution in [0.15, 0.2) is 23.2 Å². The van der Waals surface area contributed by atoms with E-state index in [9.17, 15) is 8.78 Å². The first-order chi connectivity index (χ1) is 12.2. The van der Waals surface area contributed by atoms with Gasteiger partial charge in [-0.1, -0.05) is 26.8 Å². The van der Waals surface area contributed by atoms with Crippen LogP contribution in [0.2, 0.25) is 0 Å². The van der Waals surface area contributed by atoms with Crippen LogP contribution in [0.4, 0.5) is 8.78 Å². The van der Waals surface area contributed by atoms with E-state index in [1.807, 2.05) is 6.92 Å². The number of ether oxygens (including phenoxy) is 1. The van der Waals surface area contributed by atoms with E-state index < -0.39 is 11.6 Å². The van der Waals surface area contributed by atoms with Gasteiger partial charge in [-0.15, -0.1) is 0 Å². The number of rotatable bonds is 4. The van der Waals surface area contributed by atoms with Crippen LogP contribution in [0.5, 0.6) is 0 Å². The third-order valence-corrected chi connectivity index (χ3v) is 4.84. The lowest BCUT2D eigenvalue weighted by Gasteiger charge is -2.40. The van der Waals surface area contributed by atoms with Crippen LogP contribution in [-0.4, -0.2) is 32.3 Å². The smallest absolute Gasteiger partial charge is 0.191 e. The van der Waals surface area contributed by atoms with Gasteiger partial charge in [0.1, 0.15) is 11.6 Å². The minimum absolute atomic E-state index is 0.0776. The average molecular weight is 367 g/mol. The first-order valence-electron chi connectivity index (χ1n) is 9.26. The van der Waals surface area contributed by atoms with E-state index in [2.05, 4.69) is 36.4 Å². The molecule has 4 nitrogen and oxygen atoms in total. The monoisotopic (exact) mass is 367 g/mol. The van der Waals surface area contributed by atoms with Gasteiger partial charge in [0.2, 0.25) is 0 Å². The molecule has 0 aromatic heterocycles. The van der Waals surface area contributed by atoms with Crippen molar-refractivity contribution in [3.8, 4) is 0 Å². The number of nitrogens with zero attached hydrogens (tertiary/aromatic N) is 1. The van der Waals surface area contributed by atoms with Gasteiger partial charge < -0.3 is 15.4 Å². The zero-order valence-electron chi connectivity index (χ0n) is 16.4. The molecule has 2 N–H and O–H groups in total. The summed E-state index contributed by atoms with van der Waals surface area (Å²) in [5.41, 5.74) is 0.483. The molecule has 0 spiro atoms. The Bertz CT molecular complexity index is 628. The van der Waals surface area contributed by atoms with E-state index in [0.29, 0.717) is 17.4 Å². The Balaban J connectivity index is 1.96. The second-order valence-electron chi connectivity index (χ2n) is 8.04. The van der Waals surface area contributed by atoms with Crippen molar-refractivity contribution in [2.45, 2.75) is 52.7 Å². The third kappa shape index (κ3) is 5.40. The molecule has 1 fully saturated rings. The Labute approximate surface area is 155 Å². The standard InChI is InChI=1S/C20H31F2N3O/c1-13(16-9-8-15(21)11-17(16)22)25-19(23-5)24-12-14-7-6-10-26-18(14)20(2,3)4/h8-9,11,13-14,18H,6-7,10,12H2,1-5H3,(H2,23,24,25). The molecule has 146 valence electrons. The largest absolute Gasteiger partial charge is 0.377 e. The number of nitrogens with one attached hydrogen (secondary N) is 2. The van der Waals surface area contributed by atoms with Crippen molar-refractivity contribution >= 4 is 5.96 Å². The molecule has 1 aromatic rings. The molecule has 1 saturated heterocycles. The van der Waals surface area contributed by atoms with Crippen molar-refractivity contribution in [1.82, 2.24) is 10.6 Å². The van der Waals surface area contributed by atoms with E-state index in [1.165, 1.54) is 12.1 Å². The summed E-state index contributed by atoms with van der Waals surface area (Å²) in [5, 5.41) is 6.51. The highest BCUT2D eigenvalue weighted by molar-refractivity contribution is 5.80. The highest BCUT2D eigenvalue weighted by atomic mass is 19.1. The lowest BCUT2D eigenvalue weighted by Crippen LogP contribution is -2.47. The maximum absolute atomic E-state index is 14.0. The molecule has 0 radical (unpaired) electrons. The van der Waals surface area contributed by atoms with Gasteiger partial charge >= 0.3 is 0 Å². The van der Waals surface area contributed by atoms with Crippen molar-refractivity contribution in [2.24, 2.45) is 16.3 Å². The molecule has 0 saturated carbocycles. The zero-order chi connectivity index (χ0) is 19.3. The van der Waals surface area contributed by atoms with Crippen molar-refractivity contribution in [2.75, 3.05) is 20.2 Å². The molecule has 3 atom stereocenters. The van der Waals surface area contributed by atoms with Gasteiger partial charge in [-0.25, -0.2) is 8.78 Å². The Morgan fingerprint density at radius 1 is 1.35 bits per heavy atom. The lowest BCUT2D eigenvalue weighted by molar-refractivity contribution is -0.0835. The second-order valence-corrected chi connectivity index (χ2v) is 8.04. The van der Waals surface area contributed by atoms with E-state index in [0.717, 1.165) is 32.1 Å². The summed E-state index contributed by atoms with van der Waals surface area (Å²) in [5.74, 6) is -0.153. The van der Waals surface area contributed by atoms with E-state index in [1.54, 1.807) is 7.05 Å². The Morgan fingerprint density at radius 2 is 2.08 bits per heavy atom. The van der Waals surface area contributed by atoms with Crippen LogP contribution in [0.1, 0.15) is 52.1 Å². The molecule has 0 amide bonds. The van der Waals surface area contributed by atoms with Gasteiger partial charge in [-0.05, 0) is 31.2 Å². The Hall–Kier alpha value is -1.69. The summed E-state index contributed by atoms with van der Waals surface area (Å²) >= 11 is 0. The molecule has 1 aliphatic heterocycles. The number of hydrogen-bond acceptors (Lipinski definition) is 2. The summed E-state index contributed by atoms with van der Waals surface area (Å²) in [7, 11) is 1.68. The number of guanidine groups is 1.